The molecule has 0 amide bonds. The van der Waals surface area contributed by atoms with Gasteiger partial charge < -0.3 is 10.1 Å². The predicted octanol–water partition coefficient (Wildman–Crippen LogP) is 4.45. The van der Waals surface area contributed by atoms with Gasteiger partial charge in [-0.05, 0) is 51.8 Å². The second kappa shape index (κ2) is 8.17. The molecule has 0 aliphatic carbocycles. The minimum Gasteiger partial charge on any atom is -0.491 e. The summed E-state index contributed by atoms with van der Waals surface area (Å²) in [5.74, 6) is 2.42. The molecule has 3 rings (SSSR count). The van der Waals surface area contributed by atoms with Gasteiger partial charge in [-0.2, -0.15) is 4.98 Å². The molecule has 0 bridgehead atoms. The van der Waals surface area contributed by atoms with Gasteiger partial charge in [0.1, 0.15) is 11.8 Å². The summed E-state index contributed by atoms with van der Waals surface area (Å²) in [6, 6.07) is 7.54. The number of carbonyl (C=O) groups excluding carboxylic acids is 1. The van der Waals surface area contributed by atoms with E-state index in [0.717, 1.165) is 34.3 Å². The number of benzene rings is 1. The zero-order chi connectivity index (χ0) is 19.6. The largest absolute Gasteiger partial charge is 0.491 e. The van der Waals surface area contributed by atoms with Gasteiger partial charge in [0, 0.05) is 17.0 Å². The summed E-state index contributed by atoms with van der Waals surface area (Å²) in [7, 11) is 0. The maximum Gasteiger partial charge on any atom is 0.227 e. The third-order valence-electron chi connectivity index (χ3n) is 4.19. The second-order valence-electron chi connectivity index (χ2n) is 6.87. The number of thioether (sulfide) groups is 1. The van der Waals surface area contributed by atoms with Crippen molar-refractivity contribution in [1.29, 1.82) is 0 Å². The van der Waals surface area contributed by atoms with Crippen LogP contribution in [0.25, 0.3) is 0 Å². The molecule has 27 heavy (non-hydrogen) atoms. The van der Waals surface area contributed by atoms with Crippen molar-refractivity contribution in [3.63, 3.8) is 0 Å². The van der Waals surface area contributed by atoms with E-state index in [1.54, 1.807) is 18.7 Å². The van der Waals surface area contributed by atoms with Crippen LogP contribution in [0.3, 0.4) is 0 Å². The van der Waals surface area contributed by atoms with Gasteiger partial charge in [0.05, 0.1) is 6.10 Å². The van der Waals surface area contributed by atoms with Gasteiger partial charge in [0.25, 0.3) is 0 Å². The Morgan fingerprint density at radius 3 is 2.85 bits per heavy atom. The zero-order valence-corrected chi connectivity index (χ0v) is 17.3. The molecule has 144 valence electrons. The maximum atomic E-state index is 12.4. The Morgan fingerprint density at radius 1 is 1.41 bits per heavy atom. The molecular formula is C20H26N4O2S. The molecule has 1 aliphatic heterocycles. The molecule has 0 fully saturated rings. The normalized spacial score (nSPS) is 16.3. The fourth-order valence-electron chi connectivity index (χ4n) is 3.18. The molecule has 1 aromatic heterocycles. The molecule has 0 spiro atoms. The molecule has 6 nitrogen and oxygen atoms in total. The van der Waals surface area contributed by atoms with Crippen molar-refractivity contribution in [1.82, 2.24) is 14.8 Å². The van der Waals surface area contributed by atoms with Crippen LogP contribution in [-0.2, 0) is 4.79 Å². The number of ether oxygens (including phenoxy) is 1. The van der Waals surface area contributed by atoms with Crippen LogP contribution in [0, 0.1) is 0 Å². The predicted molar refractivity (Wildman–Crippen MR) is 108 cm³/mol. The highest BCUT2D eigenvalue weighted by atomic mass is 32.2. The summed E-state index contributed by atoms with van der Waals surface area (Å²) >= 11 is 1.62. The first-order valence-electron chi connectivity index (χ1n) is 9.25. The molecule has 2 heterocycles. The third-order valence-corrected chi connectivity index (χ3v) is 5.24. The molecule has 1 N–H and O–H groups in total. The van der Waals surface area contributed by atoms with Crippen LogP contribution in [0.15, 0.2) is 40.7 Å². The zero-order valence-electron chi connectivity index (χ0n) is 16.4. The van der Waals surface area contributed by atoms with Crippen molar-refractivity contribution >= 4 is 23.5 Å². The lowest BCUT2D eigenvalue weighted by Gasteiger charge is -2.28. The van der Waals surface area contributed by atoms with E-state index in [1.807, 2.05) is 49.7 Å². The van der Waals surface area contributed by atoms with Gasteiger partial charge in [0.2, 0.25) is 11.1 Å². The summed E-state index contributed by atoms with van der Waals surface area (Å²) in [6.45, 7) is 9.62. The minimum absolute atomic E-state index is 0.0177. The van der Waals surface area contributed by atoms with E-state index in [2.05, 4.69) is 22.3 Å². The number of allylic oxidation sites excluding steroid dienone is 2. The van der Waals surface area contributed by atoms with E-state index in [1.165, 1.54) is 0 Å². The van der Waals surface area contributed by atoms with Gasteiger partial charge >= 0.3 is 0 Å². The summed E-state index contributed by atoms with van der Waals surface area (Å²) in [5.41, 5.74) is 2.47. The topological polar surface area (TPSA) is 69.0 Å². The highest BCUT2D eigenvalue weighted by Crippen LogP contribution is 2.37. The van der Waals surface area contributed by atoms with Crippen LogP contribution >= 0.6 is 11.8 Å². The molecule has 0 saturated carbocycles. The first-order chi connectivity index (χ1) is 12.9. The number of rotatable bonds is 7. The highest BCUT2D eigenvalue weighted by molar-refractivity contribution is 7.99. The Bertz CT molecular complexity index is 873. The van der Waals surface area contributed by atoms with Crippen molar-refractivity contribution in [2.45, 2.75) is 58.3 Å². The monoisotopic (exact) mass is 386 g/mol. The molecule has 7 heteroatoms. The SMILES string of the molecule is CCCSc1nc2n(n1)C(c1cccc(OC(C)C)c1)C(C(C)=O)=C(C)N2. The average molecular weight is 387 g/mol. The minimum atomic E-state index is -0.321. The Labute approximate surface area is 164 Å². The van der Waals surface area contributed by atoms with Crippen LogP contribution in [0.4, 0.5) is 5.95 Å². The van der Waals surface area contributed by atoms with Crippen LogP contribution in [0.5, 0.6) is 5.75 Å². The Kier molecular flexibility index (Phi) is 5.89. The molecule has 2 aromatic rings. The van der Waals surface area contributed by atoms with Crippen LogP contribution < -0.4 is 10.1 Å². The summed E-state index contributed by atoms with van der Waals surface area (Å²) in [6.07, 6.45) is 1.13. The number of hydrogen-bond donors (Lipinski definition) is 1. The summed E-state index contributed by atoms with van der Waals surface area (Å²) < 4.78 is 7.66. The van der Waals surface area contributed by atoms with E-state index in [-0.39, 0.29) is 17.9 Å². The number of anilines is 1. The molecule has 1 unspecified atom stereocenters. The first-order valence-corrected chi connectivity index (χ1v) is 10.2. The number of ketones is 1. The number of hydrogen-bond acceptors (Lipinski definition) is 6. The number of nitrogens with one attached hydrogen (secondary N) is 1. The second-order valence-corrected chi connectivity index (χ2v) is 7.93. The van der Waals surface area contributed by atoms with Crippen LogP contribution in [0.2, 0.25) is 0 Å². The maximum absolute atomic E-state index is 12.4. The lowest BCUT2D eigenvalue weighted by Crippen LogP contribution is -2.27. The molecule has 0 radical (unpaired) electrons. The van der Waals surface area contributed by atoms with E-state index in [9.17, 15) is 4.79 Å². The molecule has 1 aromatic carbocycles. The van der Waals surface area contributed by atoms with Crippen molar-refractivity contribution in [3.05, 3.63) is 41.1 Å². The fourth-order valence-corrected chi connectivity index (χ4v) is 3.86. The molecule has 1 atom stereocenters. The van der Waals surface area contributed by atoms with E-state index >= 15 is 0 Å². The summed E-state index contributed by atoms with van der Waals surface area (Å²) in [4.78, 5) is 17.1. The lowest BCUT2D eigenvalue weighted by molar-refractivity contribution is -0.114. The Balaban J connectivity index is 2.08. The Hall–Kier alpha value is -2.28. The lowest BCUT2D eigenvalue weighted by atomic mass is 9.93. The van der Waals surface area contributed by atoms with Gasteiger partial charge in [-0.25, -0.2) is 4.68 Å². The fraction of sp³-hybridized carbons (Fsp3) is 0.450. The number of aromatic nitrogens is 3. The first kappa shape index (κ1) is 19.5. The highest BCUT2D eigenvalue weighted by Gasteiger charge is 2.32. The Morgan fingerprint density at radius 2 is 2.19 bits per heavy atom. The number of nitrogens with zero attached hydrogens (tertiary/aromatic N) is 3. The van der Waals surface area contributed by atoms with E-state index in [0.29, 0.717) is 11.5 Å². The van der Waals surface area contributed by atoms with Gasteiger partial charge in [-0.15, -0.1) is 5.10 Å². The third kappa shape index (κ3) is 4.18. The summed E-state index contributed by atoms with van der Waals surface area (Å²) in [5, 5.41) is 8.64. The van der Waals surface area contributed by atoms with Crippen molar-refractivity contribution < 1.29 is 9.53 Å². The van der Waals surface area contributed by atoms with Crippen molar-refractivity contribution in [2.75, 3.05) is 11.1 Å². The molecule has 1 aliphatic rings. The van der Waals surface area contributed by atoms with Crippen LogP contribution in [-0.4, -0.2) is 32.4 Å². The average Bonchev–Trinajstić information content (AvgIpc) is 3.00. The van der Waals surface area contributed by atoms with Crippen molar-refractivity contribution in [3.8, 4) is 5.75 Å². The molecule has 0 saturated heterocycles. The quantitative estimate of drug-likeness (QED) is 0.709. The van der Waals surface area contributed by atoms with E-state index in [4.69, 9.17) is 4.74 Å². The van der Waals surface area contributed by atoms with Gasteiger partial charge in [-0.3, -0.25) is 4.79 Å². The molecular weight excluding hydrogens is 360 g/mol. The number of carbonyl (C=O) groups is 1. The van der Waals surface area contributed by atoms with Crippen LogP contribution in [0.1, 0.15) is 52.6 Å². The van der Waals surface area contributed by atoms with Gasteiger partial charge in [-0.1, -0.05) is 30.8 Å². The smallest absolute Gasteiger partial charge is 0.227 e. The van der Waals surface area contributed by atoms with Gasteiger partial charge in [0.15, 0.2) is 5.78 Å². The number of Topliss-reactive ketones (excluding diaryl/α,β-unsaturated/α-hetero) is 1. The number of fused-ring (bicyclic) bond motifs is 1. The van der Waals surface area contributed by atoms with E-state index < -0.39 is 0 Å². The van der Waals surface area contributed by atoms with Crippen molar-refractivity contribution in [2.24, 2.45) is 0 Å². The standard InChI is InChI=1S/C20H26N4O2S/c1-6-10-27-20-22-19-21-13(4)17(14(5)25)18(24(19)23-20)15-8-7-9-16(11-15)26-12(2)3/h7-9,11-12,18H,6,10H2,1-5H3,(H,21,22,23).